The lowest BCUT2D eigenvalue weighted by molar-refractivity contribution is 0.408. The molecule has 1 N–H and O–H groups in total. The van der Waals surface area contributed by atoms with Gasteiger partial charge in [-0.2, -0.15) is 4.39 Å². The van der Waals surface area contributed by atoms with Crippen LogP contribution in [-0.4, -0.2) is 15.1 Å². The predicted molar refractivity (Wildman–Crippen MR) is 49.0 cm³/mol. The van der Waals surface area contributed by atoms with Crippen molar-refractivity contribution >= 4 is 0 Å². The van der Waals surface area contributed by atoms with Crippen molar-refractivity contribution in [1.29, 1.82) is 0 Å². The second-order valence-corrected chi connectivity index (χ2v) is 2.89. The van der Waals surface area contributed by atoms with Crippen molar-refractivity contribution in [3.8, 4) is 16.9 Å². The van der Waals surface area contributed by atoms with Crippen molar-refractivity contribution in [2.75, 3.05) is 0 Å². The van der Waals surface area contributed by atoms with Gasteiger partial charge in [0.15, 0.2) is 11.6 Å². The summed E-state index contributed by atoms with van der Waals surface area (Å²) in [6.45, 7) is 0. The first-order valence-electron chi connectivity index (χ1n) is 4.12. The van der Waals surface area contributed by atoms with Crippen molar-refractivity contribution in [2.24, 2.45) is 0 Å². The molecule has 0 atom stereocenters. The molecule has 76 valence electrons. The molecule has 0 aliphatic rings. The van der Waals surface area contributed by atoms with Crippen LogP contribution in [0.25, 0.3) is 11.1 Å². The highest BCUT2D eigenvalue weighted by Gasteiger charge is 2.13. The lowest BCUT2D eigenvalue weighted by Crippen LogP contribution is -1.91. The Hall–Kier alpha value is -2.04. The van der Waals surface area contributed by atoms with E-state index >= 15 is 0 Å². The fourth-order valence-electron chi connectivity index (χ4n) is 1.20. The number of benzene rings is 1. The third-order valence-electron chi connectivity index (χ3n) is 1.93. The van der Waals surface area contributed by atoms with E-state index in [1.165, 1.54) is 24.8 Å². The minimum Gasteiger partial charge on any atom is -0.505 e. The zero-order chi connectivity index (χ0) is 10.8. The third kappa shape index (κ3) is 1.63. The highest BCUT2D eigenvalue weighted by Crippen LogP contribution is 2.27. The SMILES string of the molecule is Oc1ccc(-c2cncnc2)c(F)c1F. The minimum absolute atomic E-state index is 0.0194. The van der Waals surface area contributed by atoms with Crippen molar-refractivity contribution in [3.05, 3.63) is 42.5 Å². The van der Waals surface area contributed by atoms with Crippen molar-refractivity contribution in [1.82, 2.24) is 9.97 Å². The Labute approximate surface area is 84.1 Å². The summed E-state index contributed by atoms with van der Waals surface area (Å²) >= 11 is 0. The summed E-state index contributed by atoms with van der Waals surface area (Å²) in [5.74, 6) is -3.09. The number of aromatic hydroxyl groups is 1. The first kappa shape index (κ1) is 9.51. The lowest BCUT2D eigenvalue weighted by Gasteiger charge is -2.03. The van der Waals surface area contributed by atoms with Gasteiger partial charge in [-0.1, -0.05) is 0 Å². The fourth-order valence-corrected chi connectivity index (χ4v) is 1.20. The van der Waals surface area contributed by atoms with Gasteiger partial charge < -0.3 is 5.11 Å². The van der Waals surface area contributed by atoms with Crippen LogP contribution in [-0.2, 0) is 0 Å². The minimum atomic E-state index is -1.27. The standard InChI is InChI=1S/C10H6F2N2O/c11-9-7(1-2-8(15)10(9)12)6-3-13-5-14-4-6/h1-5,15H. The van der Waals surface area contributed by atoms with Crippen molar-refractivity contribution in [3.63, 3.8) is 0 Å². The number of halogens is 2. The maximum absolute atomic E-state index is 13.4. The Morgan fingerprint density at radius 2 is 1.67 bits per heavy atom. The second kappa shape index (κ2) is 3.61. The van der Waals surface area contributed by atoms with Crippen LogP contribution in [0.5, 0.6) is 5.75 Å². The second-order valence-electron chi connectivity index (χ2n) is 2.89. The molecule has 1 aromatic carbocycles. The van der Waals surface area contributed by atoms with Crippen LogP contribution in [0.2, 0.25) is 0 Å². The molecule has 0 radical (unpaired) electrons. The molecule has 3 nitrogen and oxygen atoms in total. The molecule has 0 fully saturated rings. The Morgan fingerprint density at radius 3 is 2.33 bits per heavy atom. The highest BCUT2D eigenvalue weighted by atomic mass is 19.2. The summed E-state index contributed by atoms with van der Waals surface area (Å²) in [6, 6.07) is 2.35. The first-order valence-corrected chi connectivity index (χ1v) is 4.12. The van der Waals surface area contributed by atoms with E-state index in [9.17, 15) is 8.78 Å². The third-order valence-corrected chi connectivity index (χ3v) is 1.93. The van der Waals surface area contributed by atoms with E-state index in [1.54, 1.807) is 0 Å². The molecule has 15 heavy (non-hydrogen) atoms. The van der Waals surface area contributed by atoms with Gasteiger partial charge in [0.25, 0.3) is 0 Å². The molecule has 0 saturated heterocycles. The Balaban J connectivity index is 2.60. The summed E-state index contributed by atoms with van der Waals surface area (Å²) in [5, 5.41) is 8.93. The smallest absolute Gasteiger partial charge is 0.200 e. The lowest BCUT2D eigenvalue weighted by atomic mass is 10.1. The normalized spacial score (nSPS) is 10.3. The molecular weight excluding hydrogens is 202 g/mol. The maximum atomic E-state index is 13.4. The average molecular weight is 208 g/mol. The zero-order valence-corrected chi connectivity index (χ0v) is 7.48. The molecule has 0 amide bonds. The van der Waals surface area contributed by atoms with E-state index in [4.69, 9.17) is 5.11 Å². The van der Waals surface area contributed by atoms with E-state index in [0.717, 1.165) is 6.07 Å². The molecule has 2 aromatic rings. The molecular formula is C10H6F2N2O. The van der Waals surface area contributed by atoms with E-state index in [-0.39, 0.29) is 5.56 Å². The summed E-state index contributed by atoms with van der Waals surface area (Å²) in [4.78, 5) is 7.38. The number of phenols is 1. The molecule has 2 rings (SSSR count). The summed E-state index contributed by atoms with van der Waals surface area (Å²) in [5.41, 5.74) is 0.375. The molecule has 5 heteroatoms. The number of aromatic nitrogens is 2. The highest BCUT2D eigenvalue weighted by molar-refractivity contribution is 5.63. The molecule has 0 saturated carbocycles. The maximum Gasteiger partial charge on any atom is 0.200 e. The molecule has 0 spiro atoms. The van der Waals surface area contributed by atoms with Gasteiger partial charge in [0.1, 0.15) is 6.33 Å². The van der Waals surface area contributed by atoms with Gasteiger partial charge in [-0.3, -0.25) is 0 Å². The molecule has 0 unspecified atom stereocenters. The number of hydrogen-bond donors (Lipinski definition) is 1. The van der Waals surface area contributed by atoms with E-state index in [0.29, 0.717) is 5.56 Å². The van der Waals surface area contributed by atoms with Crippen LogP contribution >= 0.6 is 0 Å². The quantitative estimate of drug-likeness (QED) is 0.780. The number of rotatable bonds is 1. The summed E-state index contributed by atoms with van der Waals surface area (Å²) < 4.78 is 26.4. The van der Waals surface area contributed by atoms with Gasteiger partial charge >= 0.3 is 0 Å². The van der Waals surface area contributed by atoms with Crippen molar-refractivity contribution < 1.29 is 13.9 Å². The molecule has 1 aromatic heterocycles. The van der Waals surface area contributed by atoms with Gasteiger partial charge in [0.2, 0.25) is 5.82 Å². The number of nitrogens with zero attached hydrogens (tertiary/aromatic N) is 2. The van der Waals surface area contributed by atoms with Crippen LogP contribution in [0.15, 0.2) is 30.9 Å². The number of phenolic OH excluding ortho intramolecular Hbond substituents is 1. The van der Waals surface area contributed by atoms with E-state index < -0.39 is 17.4 Å². The van der Waals surface area contributed by atoms with Crippen LogP contribution < -0.4 is 0 Å². The van der Waals surface area contributed by atoms with Gasteiger partial charge in [0, 0.05) is 23.5 Å². The van der Waals surface area contributed by atoms with Gasteiger partial charge in [0.05, 0.1) is 0 Å². The molecule has 0 aliphatic heterocycles. The average Bonchev–Trinajstić information content (AvgIpc) is 2.27. The number of hydrogen-bond acceptors (Lipinski definition) is 3. The van der Waals surface area contributed by atoms with Gasteiger partial charge in [-0.05, 0) is 12.1 Å². The van der Waals surface area contributed by atoms with Gasteiger partial charge in [-0.25, -0.2) is 14.4 Å². The topological polar surface area (TPSA) is 46.0 Å². The van der Waals surface area contributed by atoms with Gasteiger partial charge in [-0.15, -0.1) is 0 Å². The Kier molecular flexibility index (Phi) is 2.29. The van der Waals surface area contributed by atoms with Crippen molar-refractivity contribution in [2.45, 2.75) is 0 Å². The molecule has 1 heterocycles. The van der Waals surface area contributed by atoms with Crippen LogP contribution in [0, 0.1) is 11.6 Å². The first-order chi connectivity index (χ1) is 7.20. The molecule has 0 aliphatic carbocycles. The summed E-state index contributed by atoms with van der Waals surface area (Å²) in [6.07, 6.45) is 4.02. The largest absolute Gasteiger partial charge is 0.505 e. The van der Waals surface area contributed by atoms with Crippen LogP contribution in [0.1, 0.15) is 0 Å². The molecule has 0 bridgehead atoms. The van der Waals surface area contributed by atoms with Crippen LogP contribution in [0.3, 0.4) is 0 Å². The van der Waals surface area contributed by atoms with E-state index in [1.807, 2.05) is 0 Å². The Morgan fingerprint density at radius 1 is 1.00 bits per heavy atom. The van der Waals surface area contributed by atoms with Crippen LogP contribution in [0.4, 0.5) is 8.78 Å². The Bertz CT molecular complexity index is 488. The van der Waals surface area contributed by atoms with E-state index in [2.05, 4.69) is 9.97 Å². The zero-order valence-electron chi connectivity index (χ0n) is 7.48. The monoisotopic (exact) mass is 208 g/mol. The summed E-state index contributed by atoms with van der Waals surface area (Å²) in [7, 11) is 0. The fraction of sp³-hybridized carbons (Fsp3) is 0. The predicted octanol–water partition coefficient (Wildman–Crippen LogP) is 2.13.